The lowest BCUT2D eigenvalue weighted by Gasteiger charge is -2.16. The van der Waals surface area contributed by atoms with Crippen molar-refractivity contribution in [2.45, 2.75) is 19.8 Å². The summed E-state index contributed by atoms with van der Waals surface area (Å²) in [4.78, 5) is 31.1. The zero-order valence-electron chi connectivity index (χ0n) is 13.2. The largest absolute Gasteiger partial charge is 0.327 e. The molecule has 0 N–H and O–H groups in total. The van der Waals surface area contributed by atoms with Crippen molar-refractivity contribution in [3.8, 4) is 0 Å². The van der Waals surface area contributed by atoms with E-state index in [2.05, 4.69) is 11.9 Å². The van der Waals surface area contributed by atoms with Crippen LogP contribution in [0.2, 0.25) is 0 Å². The van der Waals surface area contributed by atoms with Crippen LogP contribution in [0.4, 0.5) is 5.69 Å². The molecule has 2 heterocycles. The number of carbonyl (C=O) groups is 2. The van der Waals surface area contributed by atoms with E-state index >= 15 is 0 Å². The molecule has 1 aromatic heterocycles. The Morgan fingerprint density at radius 2 is 2.09 bits per heavy atom. The van der Waals surface area contributed by atoms with E-state index in [4.69, 9.17) is 0 Å². The second-order valence-electron chi connectivity index (χ2n) is 5.67. The highest BCUT2D eigenvalue weighted by molar-refractivity contribution is 7.07. The van der Waals surface area contributed by atoms with Crippen molar-refractivity contribution in [3.05, 3.63) is 46.2 Å². The van der Waals surface area contributed by atoms with Crippen LogP contribution in [0.25, 0.3) is 0 Å². The minimum absolute atomic E-state index is 0.0154. The van der Waals surface area contributed by atoms with Gasteiger partial charge in [0.05, 0.1) is 5.92 Å². The number of aryl methyl sites for hydroxylation is 2. The zero-order chi connectivity index (χ0) is 16.4. The average molecular weight is 329 g/mol. The third-order valence-corrected chi connectivity index (χ3v) is 4.94. The summed E-state index contributed by atoms with van der Waals surface area (Å²) >= 11 is 1.42. The van der Waals surface area contributed by atoms with E-state index in [9.17, 15) is 9.59 Å². The summed E-state index contributed by atoms with van der Waals surface area (Å²) in [5, 5.41) is 1.88. The van der Waals surface area contributed by atoms with E-state index in [1.807, 2.05) is 42.9 Å². The van der Waals surface area contributed by atoms with Gasteiger partial charge in [0.1, 0.15) is 0 Å². The fourth-order valence-corrected chi connectivity index (χ4v) is 3.39. The first-order valence-corrected chi connectivity index (χ1v) is 8.54. The third kappa shape index (κ3) is 3.27. The average Bonchev–Trinajstić information content (AvgIpc) is 3.14. The SMILES string of the molecule is CCc1ccc(N2CC(C(=O)N=c3sccn3C)CC2=O)cc1. The number of aromatic nitrogens is 1. The van der Waals surface area contributed by atoms with Crippen LogP contribution in [0.5, 0.6) is 0 Å². The van der Waals surface area contributed by atoms with Crippen molar-refractivity contribution >= 4 is 28.8 Å². The first kappa shape index (κ1) is 15.7. The number of benzene rings is 1. The molecule has 1 aliphatic heterocycles. The van der Waals surface area contributed by atoms with Gasteiger partial charge in [0, 0.05) is 37.3 Å². The monoisotopic (exact) mass is 329 g/mol. The predicted octanol–water partition coefficient (Wildman–Crippen LogP) is 2.13. The normalized spacial score (nSPS) is 18.7. The molecule has 0 spiro atoms. The van der Waals surface area contributed by atoms with Crippen LogP contribution in [0.1, 0.15) is 18.9 Å². The number of hydrogen-bond donors (Lipinski definition) is 0. The van der Waals surface area contributed by atoms with E-state index < -0.39 is 0 Å². The second-order valence-corrected chi connectivity index (χ2v) is 6.54. The van der Waals surface area contributed by atoms with Gasteiger partial charge in [0.15, 0.2) is 4.80 Å². The van der Waals surface area contributed by atoms with Crippen LogP contribution in [0.3, 0.4) is 0 Å². The van der Waals surface area contributed by atoms with E-state index in [0.29, 0.717) is 11.3 Å². The van der Waals surface area contributed by atoms with Crippen molar-refractivity contribution < 1.29 is 9.59 Å². The van der Waals surface area contributed by atoms with Crippen LogP contribution < -0.4 is 9.70 Å². The molecule has 5 nitrogen and oxygen atoms in total. The molecular weight excluding hydrogens is 310 g/mol. The van der Waals surface area contributed by atoms with Crippen molar-refractivity contribution in [3.63, 3.8) is 0 Å². The smallest absolute Gasteiger partial charge is 0.253 e. The Labute approximate surface area is 138 Å². The third-order valence-electron chi connectivity index (χ3n) is 4.10. The van der Waals surface area contributed by atoms with Crippen LogP contribution >= 0.6 is 11.3 Å². The van der Waals surface area contributed by atoms with Gasteiger partial charge in [-0.05, 0) is 24.1 Å². The maximum Gasteiger partial charge on any atom is 0.253 e. The van der Waals surface area contributed by atoms with Gasteiger partial charge in [-0.1, -0.05) is 19.1 Å². The molecule has 6 heteroatoms. The molecule has 1 aromatic carbocycles. The molecule has 1 unspecified atom stereocenters. The summed E-state index contributed by atoms with van der Waals surface area (Å²) in [7, 11) is 1.85. The maximum atomic E-state index is 12.3. The Hall–Kier alpha value is -2.21. The molecule has 2 amide bonds. The molecule has 1 fully saturated rings. The molecule has 1 saturated heterocycles. The molecular formula is C17H19N3O2S. The number of thiazole rings is 1. The zero-order valence-corrected chi connectivity index (χ0v) is 14.0. The van der Waals surface area contributed by atoms with Crippen molar-refractivity contribution in [1.82, 2.24) is 4.57 Å². The van der Waals surface area contributed by atoms with Gasteiger partial charge in [-0.2, -0.15) is 4.99 Å². The van der Waals surface area contributed by atoms with Crippen molar-refractivity contribution in [1.29, 1.82) is 0 Å². The Kier molecular flexibility index (Phi) is 4.43. The topological polar surface area (TPSA) is 54.7 Å². The van der Waals surface area contributed by atoms with E-state index in [1.165, 1.54) is 16.9 Å². The standard InChI is InChI=1S/C17H19N3O2S/c1-3-12-4-6-14(7-5-12)20-11-13(10-15(20)21)16(22)18-17-19(2)8-9-23-17/h4-9,13H,3,10-11H2,1-2H3. The van der Waals surface area contributed by atoms with Crippen LogP contribution in [0.15, 0.2) is 40.8 Å². The molecule has 2 aromatic rings. The fourth-order valence-electron chi connectivity index (χ4n) is 2.65. The number of anilines is 1. The molecule has 1 aliphatic rings. The summed E-state index contributed by atoms with van der Waals surface area (Å²) in [6.45, 7) is 2.50. The van der Waals surface area contributed by atoms with Crippen LogP contribution in [-0.4, -0.2) is 22.9 Å². The highest BCUT2D eigenvalue weighted by Gasteiger charge is 2.35. The van der Waals surface area contributed by atoms with Gasteiger partial charge in [0.25, 0.3) is 5.91 Å². The van der Waals surface area contributed by atoms with Gasteiger partial charge in [-0.3, -0.25) is 9.59 Å². The molecule has 23 heavy (non-hydrogen) atoms. The minimum Gasteiger partial charge on any atom is -0.327 e. The molecule has 3 rings (SSSR count). The van der Waals surface area contributed by atoms with E-state index in [1.54, 1.807) is 9.47 Å². The molecule has 0 radical (unpaired) electrons. The Morgan fingerprint density at radius 3 is 2.70 bits per heavy atom. The summed E-state index contributed by atoms with van der Waals surface area (Å²) in [5.41, 5.74) is 2.08. The molecule has 0 saturated carbocycles. The highest BCUT2D eigenvalue weighted by atomic mass is 32.1. The van der Waals surface area contributed by atoms with Crippen molar-refractivity contribution in [2.24, 2.45) is 18.0 Å². The maximum absolute atomic E-state index is 12.3. The molecule has 0 aliphatic carbocycles. The first-order chi connectivity index (χ1) is 11.1. The van der Waals surface area contributed by atoms with Crippen LogP contribution in [-0.2, 0) is 23.1 Å². The van der Waals surface area contributed by atoms with Gasteiger partial charge in [-0.25, -0.2) is 0 Å². The van der Waals surface area contributed by atoms with Gasteiger partial charge in [-0.15, -0.1) is 11.3 Å². The van der Waals surface area contributed by atoms with Crippen molar-refractivity contribution in [2.75, 3.05) is 11.4 Å². The summed E-state index contributed by atoms with van der Waals surface area (Å²) < 4.78 is 1.81. The minimum atomic E-state index is -0.365. The molecule has 120 valence electrons. The summed E-state index contributed by atoms with van der Waals surface area (Å²) in [6.07, 6.45) is 3.05. The van der Waals surface area contributed by atoms with Gasteiger partial charge >= 0.3 is 0 Å². The Morgan fingerprint density at radius 1 is 1.35 bits per heavy atom. The Bertz CT molecular complexity index is 789. The lowest BCUT2D eigenvalue weighted by Crippen LogP contribution is -2.26. The fraction of sp³-hybridized carbons (Fsp3) is 0.353. The van der Waals surface area contributed by atoms with Gasteiger partial charge < -0.3 is 9.47 Å². The predicted molar refractivity (Wildman–Crippen MR) is 90.1 cm³/mol. The number of hydrogen-bond acceptors (Lipinski definition) is 3. The lowest BCUT2D eigenvalue weighted by molar-refractivity contribution is -0.123. The highest BCUT2D eigenvalue weighted by Crippen LogP contribution is 2.26. The number of amides is 2. The van der Waals surface area contributed by atoms with E-state index in [-0.39, 0.29) is 24.2 Å². The van der Waals surface area contributed by atoms with Crippen LogP contribution in [0, 0.1) is 5.92 Å². The summed E-state index contributed by atoms with van der Waals surface area (Å²) in [5.74, 6) is -0.599. The Balaban J connectivity index is 1.76. The van der Waals surface area contributed by atoms with E-state index in [0.717, 1.165) is 12.1 Å². The first-order valence-electron chi connectivity index (χ1n) is 7.66. The quantitative estimate of drug-likeness (QED) is 0.866. The number of carbonyl (C=O) groups excluding carboxylic acids is 2. The lowest BCUT2D eigenvalue weighted by atomic mass is 10.1. The molecule has 0 bridgehead atoms. The molecule has 1 atom stereocenters. The number of nitrogens with zero attached hydrogens (tertiary/aromatic N) is 3. The summed E-state index contributed by atoms with van der Waals surface area (Å²) in [6, 6.07) is 7.93. The van der Waals surface area contributed by atoms with Gasteiger partial charge in [0.2, 0.25) is 5.91 Å². The number of rotatable bonds is 3. The second kappa shape index (κ2) is 6.50.